The second kappa shape index (κ2) is 11.2. The van der Waals surface area contributed by atoms with Gasteiger partial charge in [-0.25, -0.2) is 0 Å². The Labute approximate surface area is 150 Å². The highest BCUT2D eigenvalue weighted by molar-refractivity contribution is 5.69. The van der Waals surface area contributed by atoms with E-state index >= 15 is 0 Å². The van der Waals surface area contributed by atoms with E-state index in [0.717, 1.165) is 44.1 Å². The second-order valence-corrected chi connectivity index (χ2v) is 6.56. The van der Waals surface area contributed by atoms with E-state index in [0.29, 0.717) is 32.8 Å². The Morgan fingerprint density at radius 2 is 1.72 bits per heavy atom. The van der Waals surface area contributed by atoms with Gasteiger partial charge in [0, 0.05) is 25.8 Å². The first kappa shape index (κ1) is 19.9. The van der Waals surface area contributed by atoms with Gasteiger partial charge in [0.1, 0.15) is 6.61 Å². The van der Waals surface area contributed by atoms with Crippen LogP contribution in [0.4, 0.5) is 0 Å². The first-order chi connectivity index (χ1) is 12.2. The molecule has 1 aromatic carbocycles. The first-order valence-corrected chi connectivity index (χ1v) is 9.42. The Hall–Kier alpha value is -1.43. The predicted octanol–water partition coefficient (Wildman–Crippen LogP) is 3.55. The molecule has 5 heteroatoms. The molecular weight excluding hydrogens is 318 g/mol. The summed E-state index contributed by atoms with van der Waals surface area (Å²) in [6.45, 7) is 1.99. The summed E-state index contributed by atoms with van der Waals surface area (Å²) in [5.41, 5.74) is 6.56. The van der Waals surface area contributed by atoms with Gasteiger partial charge in [0.2, 0.25) is 0 Å². The van der Waals surface area contributed by atoms with Crippen molar-refractivity contribution in [2.45, 2.75) is 63.8 Å². The molecule has 1 fully saturated rings. The normalized spacial score (nSPS) is 16.5. The monoisotopic (exact) mass is 349 g/mol. The third kappa shape index (κ3) is 7.55. The summed E-state index contributed by atoms with van der Waals surface area (Å²) in [6.07, 6.45) is 7.40. The summed E-state index contributed by atoms with van der Waals surface area (Å²) < 4.78 is 17.2. The van der Waals surface area contributed by atoms with Crippen molar-refractivity contribution < 1.29 is 19.0 Å². The Kier molecular flexibility index (Phi) is 8.94. The lowest BCUT2D eigenvalue weighted by Gasteiger charge is -2.37. The maximum atomic E-state index is 11.8. The van der Waals surface area contributed by atoms with Crippen molar-refractivity contribution in [1.29, 1.82) is 0 Å². The van der Waals surface area contributed by atoms with Crippen LogP contribution in [0.3, 0.4) is 0 Å². The van der Waals surface area contributed by atoms with E-state index in [4.69, 9.17) is 19.9 Å². The third-order valence-corrected chi connectivity index (χ3v) is 4.48. The topological polar surface area (TPSA) is 70.8 Å². The Morgan fingerprint density at radius 3 is 2.44 bits per heavy atom. The quantitative estimate of drug-likeness (QED) is 0.376. The lowest BCUT2D eigenvalue weighted by Crippen LogP contribution is -2.39. The van der Waals surface area contributed by atoms with Gasteiger partial charge in [0.05, 0.1) is 13.2 Å². The molecule has 25 heavy (non-hydrogen) atoms. The zero-order chi connectivity index (χ0) is 17.8. The molecule has 2 rings (SSSR count). The van der Waals surface area contributed by atoms with Crippen molar-refractivity contribution in [2.24, 2.45) is 5.73 Å². The molecule has 0 atom stereocenters. The summed E-state index contributed by atoms with van der Waals surface area (Å²) in [5, 5.41) is 0. The summed E-state index contributed by atoms with van der Waals surface area (Å²) >= 11 is 0. The highest BCUT2D eigenvalue weighted by Crippen LogP contribution is 2.32. The van der Waals surface area contributed by atoms with Crippen LogP contribution in [0.25, 0.3) is 0 Å². The Bertz CT molecular complexity index is 486. The largest absolute Gasteiger partial charge is 0.461 e. The minimum Gasteiger partial charge on any atom is -0.461 e. The van der Waals surface area contributed by atoms with E-state index in [1.54, 1.807) is 0 Å². The van der Waals surface area contributed by atoms with E-state index in [-0.39, 0.29) is 5.97 Å². The molecule has 0 unspecified atom stereocenters. The zero-order valence-electron chi connectivity index (χ0n) is 15.1. The third-order valence-electron chi connectivity index (χ3n) is 4.48. The van der Waals surface area contributed by atoms with Crippen molar-refractivity contribution >= 4 is 5.97 Å². The van der Waals surface area contributed by atoms with Gasteiger partial charge in [-0.05, 0) is 31.2 Å². The van der Waals surface area contributed by atoms with Crippen LogP contribution in [0, 0.1) is 0 Å². The summed E-state index contributed by atoms with van der Waals surface area (Å²) in [6, 6.07) is 9.72. The van der Waals surface area contributed by atoms with Crippen molar-refractivity contribution in [3.05, 3.63) is 35.9 Å². The van der Waals surface area contributed by atoms with Gasteiger partial charge < -0.3 is 19.9 Å². The number of carbonyl (C=O) groups is 1. The van der Waals surface area contributed by atoms with Gasteiger partial charge in [-0.15, -0.1) is 0 Å². The number of carbonyl (C=O) groups excluding carboxylic acids is 1. The van der Waals surface area contributed by atoms with E-state index < -0.39 is 5.79 Å². The minimum atomic E-state index is -0.453. The Morgan fingerprint density at radius 1 is 1.00 bits per heavy atom. The molecule has 1 aliphatic carbocycles. The van der Waals surface area contributed by atoms with Gasteiger partial charge >= 0.3 is 5.97 Å². The van der Waals surface area contributed by atoms with Gasteiger partial charge in [-0.3, -0.25) is 4.79 Å². The highest BCUT2D eigenvalue weighted by atomic mass is 16.7. The highest BCUT2D eigenvalue weighted by Gasteiger charge is 2.33. The van der Waals surface area contributed by atoms with E-state index in [9.17, 15) is 4.79 Å². The summed E-state index contributed by atoms with van der Waals surface area (Å²) in [7, 11) is 0. The number of hydrogen-bond acceptors (Lipinski definition) is 5. The molecule has 1 aliphatic rings. The average Bonchev–Trinajstić information content (AvgIpc) is 2.66. The molecule has 5 nitrogen and oxygen atoms in total. The predicted molar refractivity (Wildman–Crippen MR) is 96.9 cm³/mol. The first-order valence-electron chi connectivity index (χ1n) is 9.42. The van der Waals surface area contributed by atoms with Crippen LogP contribution >= 0.6 is 0 Å². The number of rotatable bonds is 11. The fourth-order valence-electron chi connectivity index (χ4n) is 3.11. The molecule has 0 heterocycles. The van der Waals surface area contributed by atoms with Crippen molar-refractivity contribution in [3.63, 3.8) is 0 Å². The lowest BCUT2D eigenvalue weighted by atomic mass is 9.94. The molecule has 0 radical (unpaired) electrons. The molecule has 140 valence electrons. The maximum absolute atomic E-state index is 11.8. The van der Waals surface area contributed by atoms with Crippen molar-refractivity contribution in [2.75, 3.05) is 19.8 Å². The number of unbranched alkanes of at least 4 members (excludes halogenated alkanes) is 1. The van der Waals surface area contributed by atoms with Crippen LogP contribution in [0.5, 0.6) is 0 Å². The summed E-state index contributed by atoms with van der Waals surface area (Å²) in [5.74, 6) is -0.610. The molecule has 0 aliphatic heterocycles. The molecular formula is C20H31NO4. The number of hydrogen-bond donors (Lipinski definition) is 1. The van der Waals surface area contributed by atoms with E-state index in [2.05, 4.69) is 0 Å². The van der Waals surface area contributed by atoms with E-state index in [1.807, 2.05) is 30.3 Å². The number of benzene rings is 1. The number of nitrogens with two attached hydrogens (primary N) is 1. The molecule has 0 amide bonds. The van der Waals surface area contributed by atoms with Crippen molar-refractivity contribution in [1.82, 2.24) is 0 Å². The fourth-order valence-corrected chi connectivity index (χ4v) is 3.11. The smallest absolute Gasteiger partial charge is 0.306 e. The lowest BCUT2D eigenvalue weighted by molar-refractivity contribution is -0.251. The zero-order valence-corrected chi connectivity index (χ0v) is 15.1. The molecule has 0 saturated heterocycles. The van der Waals surface area contributed by atoms with Gasteiger partial charge in [-0.1, -0.05) is 36.8 Å². The standard InChI is InChI=1S/C20H31NO4/c21-14-16-25-20(12-6-2-7-13-20)24-15-8-5-11-19(22)23-17-18-9-3-1-4-10-18/h1,3-4,9-10H,2,5-8,11-17,21H2. The fraction of sp³-hybridized carbons (Fsp3) is 0.650. The molecule has 2 N–H and O–H groups in total. The SMILES string of the molecule is NCCOC1(OCCCCC(=O)OCc2ccccc2)CCCCC1. The molecule has 0 spiro atoms. The summed E-state index contributed by atoms with van der Waals surface area (Å²) in [4.78, 5) is 11.8. The number of esters is 1. The molecule has 0 bridgehead atoms. The van der Waals surface area contributed by atoms with E-state index in [1.165, 1.54) is 6.42 Å². The molecule has 1 saturated carbocycles. The van der Waals surface area contributed by atoms with Crippen LogP contribution in [-0.4, -0.2) is 31.5 Å². The van der Waals surface area contributed by atoms with Gasteiger partial charge in [0.25, 0.3) is 0 Å². The van der Waals surface area contributed by atoms with Gasteiger partial charge in [-0.2, -0.15) is 0 Å². The van der Waals surface area contributed by atoms with Crippen LogP contribution < -0.4 is 5.73 Å². The molecule has 0 aromatic heterocycles. The Balaban J connectivity index is 1.58. The van der Waals surface area contributed by atoms with Crippen LogP contribution in [0.2, 0.25) is 0 Å². The number of ether oxygens (including phenoxy) is 3. The van der Waals surface area contributed by atoms with Gasteiger partial charge in [0.15, 0.2) is 5.79 Å². The minimum absolute atomic E-state index is 0.157. The van der Waals surface area contributed by atoms with Crippen LogP contribution in [0.15, 0.2) is 30.3 Å². The maximum Gasteiger partial charge on any atom is 0.306 e. The van der Waals surface area contributed by atoms with Crippen LogP contribution in [-0.2, 0) is 25.6 Å². The second-order valence-electron chi connectivity index (χ2n) is 6.56. The van der Waals surface area contributed by atoms with Crippen LogP contribution in [0.1, 0.15) is 56.9 Å². The average molecular weight is 349 g/mol. The van der Waals surface area contributed by atoms with Crippen molar-refractivity contribution in [3.8, 4) is 0 Å². The molecule has 1 aromatic rings.